The van der Waals surface area contributed by atoms with Gasteiger partial charge >= 0.3 is 0 Å². The van der Waals surface area contributed by atoms with Gasteiger partial charge in [-0.05, 0) is 51.4 Å². The van der Waals surface area contributed by atoms with Gasteiger partial charge in [0.15, 0.2) is 0 Å². The Bertz CT molecular complexity index is 455. The maximum Gasteiger partial charge on any atom is 0.257 e. The van der Waals surface area contributed by atoms with Crippen LogP contribution in [0.2, 0.25) is 0 Å². The number of benzene rings is 1. The molecule has 2 rings (SSSR count). The molecule has 0 unspecified atom stereocenters. The van der Waals surface area contributed by atoms with Gasteiger partial charge in [-0.25, -0.2) is 4.39 Å². The van der Waals surface area contributed by atoms with E-state index in [1.54, 1.807) is 30.0 Å². The number of nitrogens with zero attached hydrogens (tertiary/aromatic N) is 1. The Labute approximate surface area is 113 Å². The Morgan fingerprint density at radius 1 is 1.42 bits per heavy atom. The van der Waals surface area contributed by atoms with E-state index in [4.69, 9.17) is 0 Å². The van der Waals surface area contributed by atoms with Crippen LogP contribution in [-0.4, -0.2) is 36.5 Å². The summed E-state index contributed by atoms with van der Waals surface area (Å²) in [7, 11) is 0. The van der Waals surface area contributed by atoms with Crippen LogP contribution in [0.1, 0.15) is 35.7 Å². The largest absolute Gasteiger partial charge is 0.336 e. The monoisotopic (exact) mass is 264 g/mol. The third kappa shape index (κ3) is 2.95. The molecule has 19 heavy (non-hydrogen) atoms. The van der Waals surface area contributed by atoms with Gasteiger partial charge in [0.05, 0.1) is 5.56 Å². The van der Waals surface area contributed by atoms with Crippen molar-refractivity contribution >= 4 is 5.91 Å². The lowest BCUT2D eigenvalue weighted by Gasteiger charge is -2.34. The molecule has 3 nitrogen and oxygen atoms in total. The van der Waals surface area contributed by atoms with Crippen molar-refractivity contribution in [2.24, 2.45) is 0 Å². The van der Waals surface area contributed by atoms with Gasteiger partial charge in [-0.15, -0.1) is 0 Å². The summed E-state index contributed by atoms with van der Waals surface area (Å²) >= 11 is 0. The summed E-state index contributed by atoms with van der Waals surface area (Å²) in [5.41, 5.74) is 0.715. The lowest BCUT2D eigenvalue weighted by Crippen LogP contribution is -2.46. The summed E-state index contributed by atoms with van der Waals surface area (Å²) in [5, 5.41) is 3.28. The highest BCUT2D eigenvalue weighted by Crippen LogP contribution is 2.19. The SMILES string of the molecule is CCN(C(=O)c1cccc(C)c1F)C1CCNCC1. The Balaban J connectivity index is 2.22. The third-order valence-corrected chi connectivity index (χ3v) is 3.77. The van der Waals surface area contributed by atoms with E-state index < -0.39 is 0 Å². The number of rotatable bonds is 3. The molecule has 1 aliphatic rings. The van der Waals surface area contributed by atoms with E-state index in [1.807, 2.05) is 6.92 Å². The minimum absolute atomic E-state index is 0.185. The molecule has 0 saturated carbocycles. The van der Waals surface area contributed by atoms with Crippen molar-refractivity contribution in [1.29, 1.82) is 0 Å². The topological polar surface area (TPSA) is 32.3 Å². The zero-order chi connectivity index (χ0) is 13.8. The second-order valence-corrected chi connectivity index (χ2v) is 5.01. The normalized spacial score (nSPS) is 16.4. The first-order valence-corrected chi connectivity index (χ1v) is 6.92. The van der Waals surface area contributed by atoms with Gasteiger partial charge in [0.2, 0.25) is 0 Å². The number of aryl methyl sites for hydroxylation is 1. The third-order valence-electron chi connectivity index (χ3n) is 3.77. The van der Waals surface area contributed by atoms with Gasteiger partial charge in [0, 0.05) is 12.6 Å². The second-order valence-electron chi connectivity index (χ2n) is 5.01. The Morgan fingerprint density at radius 3 is 2.74 bits per heavy atom. The molecule has 1 amide bonds. The van der Waals surface area contributed by atoms with Crippen molar-refractivity contribution in [2.75, 3.05) is 19.6 Å². The molecule has 1 aromatic rings. The molecule has 104 valence electrons. The number of hydrogen-bond acceptors (Lipinski definition) is 2. The maximum atomic E-state index is 14.1. The fourth-order valence-electron chi connectivity index (χ4n) is 2.65. The van der Waals surface area contributed by atoms with E-state index in [-0.39, 0.29) is 23.3 Å². The van der Waals surface area contributed by atoms with Crippen LogP contribution in [0.25, 0.3) is 0 Å². The first-order valence-electron chi connectivity index (χ1n) is 6.92. The quantitative estimate of drug-likeness (QED) is 0.909. The second kappa shape index (κ2) is 6.15. The van der Waals surface area contributed by atoms with E-state index in [1.165, 1.54) is 0 Å². The van der Waals surface area contributed by atoms with E-state index >= 15 is 0 Å². The van der Waals surface area contributed by atoms with Gasteiger partial charge < -0.3 is 10.2 Å². The molecule has 4 heteroatoms. The zero-order valence-electron chi connectivity index (χ0n) is 11.6. The van der Waals surface area contributed by atoms with Crippen molar-refractivity contribution < 1.29 is 9.18 Å². The van der Waals surface area contributed by atoms with Crippen LogP contribution in [0.15, 0.2) is 18.2 Å². The average Bonchev–Trinajstić information content (AvgIpc) is 2.44. The highest BCUT2D eigenvalue weighted by molar-refractivity contribution is 5.95. The summed E-state index contributed by atoms with van der Waals surface area (Å²) in [5.74, 6) is -0.574. The molecule has 0 aliphatic carbocycles. The van der Waals surface area contributed by atoms with Crippen LogP contribution >= 0.6 is 0 Å². The van der Waals surface area contributed by atoms with Crippen molar-refractivity contribution in [1.82, 2.24) is 10.2 Å². The smallest absolute Gasteiger partial charge is 0.257 e. The van der Waals surface area contributed by atoms with Gasteiger partial charge in [-0.2, -0.15) is 0 Å². The fraction of sp³-hybridized carbons (Fsp3) is 0.533. The summed E-state index contributed by atoms with van der Waals surface area (Å²) in [6, 6.07) is 5.22. The lowest BCUT2D eigenvalue weighted by molar-refractivity contribution is 0.0651. The van der Waals surface area contributed by atoms with Crippen molar-refractivity contribution in [3.05, 3.63) is 35.1 Å². The fourth-order valence-corrected chi connectivity index (χ4v) is 2.65. The van der Waals surface area contributed by atoms with Crippen LogP contribution in [0, 0.1) is 12.7 Å². The molecule has 1 aromatic carbocycles. The van der Waals surface area contributed by atoms with E-state index in [9.17, 15) is 9.18 Å². The molecule has 1 aliphatic heterocycles. The number of halogens is 1. The summed E-state index contributed by atoms with van der Waals surface area (Å²) in [6.07, 6.45) is 1.88. The van der Waals surface area contributed by atoms with Crippen LogP contribution in [0.4, 0.5) is 4.39 Å². The van der Waals surface area contributed by atoms with E-state index in [0.29, 0.717) is 12.1 Å². The predicted molar refractivity (Wildman–Crippen MR) is 73.7 cm³/mol. The maximum absolute atomic E-state index is 14.1. The minimum atomic E-state index is -0.389. The van der Waals surface area contributed by atoms with Crippen LogP contribution in [0.5, 0.6) is 0 Å². The first kappa shape index (κ1) is 14.0. The summed E-state index contributed by atoms with van der Waals surface area (Å²) < 4.78 is 14.1. The Hall–Kier alpha value is -1.42. The summed E-state index contributed by atoms with van der Waals surface area (Å²) in [4.78, 5) is 14.3. The van der Waals surface area contributed by atoms with Gasteiger partial charge in [-0.1, -0.05) is 12.1 Å². The van der Waals surface area contributed by atoms with Crippen LogP contribution in [-0.2, 0) is 0 Å². The molecule has 0 spiro atoms. The van der Waals surface area contributed by atoms with Crippen molar-refractivity contribution in [3.8, 4) is 0 Å². The molecule has 1 heterocycles. The molecule has 1 fully saturated rings. The zero-order valence-corrected chi connectivity index (χ0v) is 11.6. The van der Waals surface area contributed by atoms with Crippen molar-refractivity contribution in [2.45, 2.75) is 32.7 Å². The number of nitrogens with one attached hydrogen (secondary N) is 1. The van der Waals surface area contributed by atoms with Crippen LogP contribution < -0.4 is 5.32 Å². The lowest BCUT2D eigenvalue weighted by atomic mass is 10.0. The van der Waals surface area contributed by atoms with Gasteiger partial charge in [0.25, 0.3) is 5.91 Å². The molecule has 0 atom stereocenters. The van der Waals surface area contributed by atoms with Crippen molar-refractivity contribution in [3.63, 3.8) is 0 Å². The molecule has 1 N–H and O–H groups in total. The standard InChI is InChI=1S/C15H21FN2O/c1-3-18(12-7-9-17-10-8-12)15(19)13-6-4-5-11(2)14(13)16/h4-6,12,17H,3,7-10H2,1-2H3. The highest BCUT2D eigenvalue weighted by atomic mass is 19.1. The predicted octanol–water partition coefficient (Wildman–Crippen LogP) is 2.35. The number of amides is 1. The first-order chi connectivity index (χ1) is 9.15. The van der Waals surface area contributed by atoms with E-state index in [2.05, 4.69) is 5.32 Å². The van der Waals surface area contributed by atoms with E-state index in [0.717, 1.165) is 25.9 Å². The summed E-state index contributed by atoms with van der Waals surface area (Å²) in [6.45, 7) is 6.10. The number of hydrogen-bond donors (Lipinski definition) is 1. The Kier molecular flexibility index (Phi) is 4.53. The molecule has 0 aromatic heterocycles. The number of carbonyl (C=O) groups is 1. The molecule has 0 radical (unpaired) electrons. The highest BCUT2D eigenvalue weighted by Gasteiger charge is 2.26. The molecule has 0 bridgehead atoms. The minimum Gasteiger partial charge on any atom is -0.336 e. The van der Waals surface area contributed by atoms with Gasteiger partial charge in [-0.3, -0.25) is 4.79 Å². The average molecular weight is 264 g/mol. The molecular weight excluding hydrogens is 243 g/mol. The Morgan fingerprint density at radius 2 is 2.11 bits per heavy atom. The van der Waals surface area contributed by atoms with Crippen LogP contribution in [0.3, 0.4) is 0 Å². The molecular formula is C15H21FN2O. The van der Waals surface area contributed by atoms with Gasteiger partial charge in [0.1, 0.15) is 5.82 Å². The number of piperidine rings is 1. The number of carbonyl (C=O) groups excluding carboxylic acids is 1. The molecule has 1 saturated heterocycles.